The second-order valence-corrected chi connectivity index (χ2v) is 5.00. The van der Waals surface area contributed by atoms with Gasteiger partial charge in [-0.2, -0.15) is 0 Å². The number of rotatable bonds is 4. The largest absolute Gasteiger partial charge is 0.495 e. The Morgan fingerprint density at radius 2 is 2.11 bits per heavy atom. The molecule has 5 heteroatoms. The molecule has 96 valence electrons. The molecule has 0 bridgehead atoms. The third kappa shape index (κ3) is 2.32. The van der Waals surface area contributed by atoms with Gasteiger partial charge in [0.2, 0.25) is 0 Å². The lowest BCUT2D eigenvalue weighted by molar-refractivity contribution is 0.415. The van der Waals surface area contributed by atoms with E-state index in [0.29, 0.717) is 6.54 Å². The molecule has 1 heterocycles. The Kier molecular flexibility index (Phi) is 3.84. The Labute approximate surface area is 111 Å². The maximum absolute atomic E-state index is 5.69. The highest BCUT2D eigenvalue weighted by molar-refractivity contribution is 7.15. The first-order valence-electron chi connectivity index (χ1n) is 5.70. The van der Waals surface area contributed by atoms with Gasteiger partial charge in [0.05, 0.1) is 18.5 Å². The molecule has 2 rings (SSSR count). The van der Waals surface area contributed by atoms with Gasteiger partial charge in [0.15, 0.2) is 5.13 Å². The number of hydrogen-bond donors (Lipinski definition) is 1. The van der Waals surface area contributed by atoms with Crippen molar-refractivity contribution in [3.05, 3.63) is 34.8 Å². The third-order valence-corrected chi connectivity index (χ3v) is 4.06. The van der Waals surface area contributed by atoms with Crippen LogP contribution in [-0.2, 0) is 6.54 Å². The third-order valence-electron chi connectivity index (χ3n) is 2.80. The number of nitrogens with zero attached hydrogens (tertiary/aromatic N) is 2. The quantitative estimate of drug-likeness (QED) is 0.921. The van der Waals surface area contributed by atoms with Crippen LogP contribution in [0, 0.1) is 6.92 Å². The van der Waals surface area contributed by atoms with E-state index in [9.17, 15) is 0 Å². The summed E-state index contributed by atoms with van der Waals surface area (Å²) in [7, 11) is 3.65. The summed E-state index contributed by atoms with van der Waals surface area (Å²) in [6.45, 7) is 2.52. The zero-order chi connectivity index (χ0) is 13.1. The Morgan fingerprint density at radius 1 is 1.39 bits per heavy atom. The molecule has 4 nitrogen and oxygen atoms in total. The molecule has 0 unspecified atom stereocenters. The van der Waals surface area contributed by atoms with Crippen LogP contribution in [0.5, 0.6) is 5.75 Å². The van der Waals surface area contributed by atoms with Crippen LogP contribution in [-0.4, -0.2) is 19.1 Å². The molecule has 0 aliphatic rings. The van der Waals surface area contributed by atoms with E-state index in [1.165, 1.54) is 0 Å². The average Bonchev–Trinajstić information content (AvgIpc) is 2.79. The smallest absolute Gasteiger partial charge is 0.190 e. The fourth-order valence-electron chi connectivity index (χ4n) is 1.76. The van der Waals surface area contributed by atoms with E-state index in [1.807, 2.05) is 43.1 Å². The summed E-state index contributed by atoms with van der Waals surface area (Å²) in [5, 5.41) is 0.928. The SMILES string of the molecule is COc1ccccc1N(C)c1nc(C)c(CN)s1. The summed E-state index contributed by atoms with van der Waals surface area (Å²) in [6.07, 6.45) is 0. The van der Waals surface area contributed by atoms with Crippen LogP contribution in [0.25, 0.3) is 0 Å². The van der Waals surface area contributed by atoms with Crippen LogP contribution >= 0.6 is 11.3 Å². The molecular weight excluding hydrogens is 246 g/mol. The van der Waals surface area contributed by atoms with E-state index in [0.717, 1.165) is 27.1 Å². The van der Waals surface area contributed by atoms with Crippen LogP contribution in [0.2, 0.25) is 0 Å². The van der Waals surface area contributed by atoms with Crippen LogP contribution in [0.15, 0.2) is 24.3 Å². The maximum atomic E-state index is 5.69. The molecule has 0 fully saturated rings. The predicted octanol–water partition coefficient (Wildman–Crippen LogP) is 2.69. The predicted molar refractivity (Wildman–Crippen MR) is 75.8 cm³/mol. The Morgan fingerprint density at radius 3 is 2.72 bits per heavy atom. The van der Waals surface area contributed by atoms with Crippen molar-refractivity contribution in [2.45, 2.75) is 13.5 Å². The van der Waals surface area contributed by atoms with Crippen molar-refractivity contribution in [1.29, 1.82) is 0 Å². The zero-order valence-electron chi connectivity index (χ0n) is 10.8. The van der Waals surface area contributed by atoms with Gasteiger partial charge < -0.3 is 15.4 Å². The number of para-hydroxylation sites is 2. The second kappa shape index (κ2) is 5.37. The van der Waals surface area contributed by atoms with E-state index in [2.05, 4.69) is 4.98 Å². The van der Waals surface area contributed by atoms with Crippen LogP contribution in [0.4, 0.5) is 10.8 Å². The molecule has 0 aliphatic heterocycles. The minimum atomic E-state index is 0.531. The highest BCUT2D eigenvalue weighted by Crippen LogP contribution is 2.35. The van der Waals surface area contributed by atoms with Crippen molar-refractivity contribution < 1.29 is 4.74 Å². The number of anilines is 2. The lowest BCUT2D eigenvalue weighted by Gasteiger charge is -2.18. The van der Waals surface area contributed by atoms with Gasteiger partial charge in [0, 0.05) is 18.5 Å². The molecule has 0 aliphatic carbocycles. The number of thiazole rings is 1. The Balaban J connectivity index is 2.37. The summed E-state index contributed by atoms with van der Waals surface area (Å²) < 4.78 is 5.36. The summed E-state index contributed by atoms with van der Waals surface area (Å²) >= 11 is 1.62. The maximum Gasteiger partial charge on any atom is 0.190 e. The van der Waals surface area contributed by atoms with Gasteiger partial charge in [-0.25, -0.2) is 4.98 Å². The number of ether oxygens (including phenoxy) is 1. The first-order chi connectivity index (χ1) is 8.67. The number of hydrogen-bond acceptors (Lipinski definition) is 5. The Hall–Kier alpha value is -1.59. The minimum absolute atomic E-state index is 0.531. The summed E-state index contributed by atoms with van der Waals surface area (Å²) in [5.74, 6) is 0.835. The van der Waals surface area contributed by atoms with Crippen molar-refractivity contribution >= 4 is 22.2 Å². The average molecular weight is 263 g/mol. The van der Waals surface area contributed by atoms with Gasteiger partial charge in [0.25, 0.3) is 0 Å². The number of aromatic nitrogens is 1. The lowest BCUT2D eigenvalue weighted by Crippen LogP contribution is -2.10. The van der Waals surface area contributed by atoms with Crippen molar-refractivity contribution in [3.8, 4) is 5.75 Å². The Bertz CT molecular complexity index is 539. The summed E-state index contributed by atoms with van der Waals surface area (Å²) in [4.78, 5) is 7.68. The van der Waals surface area contributed by atoms with E-state index in [1.54, 1.807) is 18.4 Å². The van der Waals surface area contributed by atoms with Crippen LogP contribution < -0.4 is 15.4 Å². The van der Waals surface area contributed by atoms with Crippen molar-refractivity contribution in [2.75, 3.05) is 19.1 Å². The molecular formula is C13H17N3OS. The zero-order valence-corrected chi connectivity index (χ0v) is 11.6. The molecule has 1 aromatic carbocycles. The number of aryl methyl sites for hydroxylation is 1. The van der Waals surface area contributed by atoms with E-state index in [4.69, 9.17) is 10.5 Å². The van der Waals surface area contributed by atoms with Gasteiger partial charge >= 0.3 is 0 Å². The molecule has 0 saturated heterocycles. The fraction of sp³-hybridized carbons (Fsp3) is 0.308. The standard InChI is InChI=1S/C13H17N3OS/c1-9-12(8-14)18-13(15-9)16(2)10-6-4-5-7-11(10)17-3/h4-7H,8,14H2,1-3H3. The molecule has 0 spiro atoms. The lowest BCUT2D eigenvalue weighted by atomic mass is 10.3. The molecule has 2 N–H and O–H groups in total. The normalized spacial score (nSPS) is 10.4. The first kappa shape index (κ1) is 12.9. The van der Waals surface area contributed by atoms with Crippen molar-refractivity contribution in [1.82, 2.24) is 4.98 Å². The van der Waals surface area contributed by atoms with E-state index in [-0.39, 0.29) is 0 Å². The van der Waals surface area contributed by atoms with E-state index < -0.39 is 0 Å². The van der Waals surface area contributed by atoms with Gasteiger partial charge in [-0.3, -0.25) is 0 Å². The van der Waals surface area contributed by atoms with Crippen LogP contribution in [0.3, 0.4) is 0 Å². The molecule has 0 radical (unpaired) electrons. The molecule has 0 amide bonds. The number of benzene rings is 1. The molecule has 1 aromatic heterocycles. The topological polar surface area (TPSA) is 51.4 Å². The molecule has 0 atom stereocenters. The highest BCUT2D eigenvalue weighted by atomic mass is 32.1. The second-order valence-electron chi connectivity index (χ2n) is 3.94. The van der Waals surface area contributed by atoms with Crippen molar-refractivity contribution in [2.24, 2.45) is 5.73 Å². The van der Waals surface area contributed by atoms with E-state index >= 15 is 0 Å². The van der Waals surface area contributed by atoms with Crippen molar-refractivity contribution in [3.63, 3.8) is 0 Å². The molecule has 18 heavy (non-hydrogen) atoms. The number of methoxy groups -OCH3 is 1. The highest BCUT2D eigenvalue weighted by Gasteiger charge is 2.14. The summed E-state index contributed by atoms with van der Waals surface area (Å²) in [6, 6.07) is 7.89. The van der Waals surface area contributed by atoms with Gasteiger partial charge in [-0.15, -0.1) is 0 Å². The van der Waals surface area contributed by atoms with Gasteiger partial charge in [-0.1, -0.05) is 23.5 Å². The fourth-order valence-corrected chi connectivity index (χ4v) is 2.67. The monoisotopic (exact) mass is 263 g/mol. The molecule has 0 saturated carbocycles. The first-order valence-corrected chi connectivity index (χ1v) is 6.52. The minimum Gasteiger partial charge on any atom is -0.495 e. The number of nitrogens with two attached hydrogens (primary N) is 1. The van der Waals surface area contributed by atoms with Crippen LogP contribution in [0.1, 0.15) is 10.6 Å². The van der Waals surface area contributed by atoms with Gasteiger partial charge in [-0.05, 0) is 19.1 Å². The molecule has 2 aromatic rings. The summed E-state index contributed by atoms with van der Waals surface area (Å²) in [5.41, 5.74) is 7.68. The van der Waals surface area contributed by atoms with Gasteiger partial charge in [0.1, 0.15) is 5.75 Å².